The van der Waals surface area contributed by atoms with Crippen molar-refractivity contribution in [2.75, 3.05) is 55.4 Å². The second-order valence-electron chi connectivity index (χ2n) is 6.16. The molecule has 0 saturated carbocycles. The zero-order chi connectivity index (χ0) is 17.4. The Balaban J connectivity index is 2.73. The van der Waals surface area contributed by atoms with Gasteiger partial charge in [0.25, 0.3) is 5.91 Å². The van der Waals surface area contributed by atoms with Crippen LogP contribution in [-0.2, 0) is 6.54 Å². The number of rotatable bonds is 6. The largest absolute Gasteiger partial charge is 0.351 e. The fraction of sp³-hybridized carbons (Fsp3) is 0.529. The first-order chi connectivity index (χ1) is 10.8. The Labute approximate surface area is 139 Å². The van der Waals surface area contributed by atoms with E-state index in [9.17, 15) is 4.79 Å². The number of aliphatic imine (C=N–C) groups is 1. The van der Waals surface area contributed by atoms with Crippen molar-refractivity contribution in [1.82, 2.24) is 20.0 Å². The molecule has 0 aliphatic carbocycles. The molecule has 1 aromatic rings. The Morgan fingerprint density at radius 2 is 1.74 bits per heavy atom. The average Bonchev–Trinajstić information content (AvgIpc) is 2.46. The topological polar surface area (TPSA) is 51.2 Å². The summed E-state index contributed by atoms with van der Waals surface area (Å²) in [6.45, 7) is 2.01. The number of benzene rings is 1. The third-order valence-corrected chi connectivity index (χ3v) is 3.24. The van der Waals surface area contributed by atoms with Crippen molar-refractivity contribution in [2.24, 2.45) is 4.99 Å². The average molecular weight is 319 g/mol. The number of carbonyl (C=O) groups excluding carboxylic acids is 1. The van der Waals surface area contributed by atoms with E-state index in [2.05, 4.69) is 10.3 Å². The van der Waals surface area contributed by atoms with Crippen LogP contribution >= 0.6 is 0 Å². The molecule has 6 nitrogen and oxygen atoms in total. The van der Waals surface area contributed by atoms with Gasteiger partial charge in [-0.25, -0.2) is 4.99 Å². The van der Waals surface area contributed by atoms with Crippen LogP contribution in [0.3, 0.4) is 0 Å². The van der Waals surface area contributed by atoms with E-state index in [4.69, 9.17) is 0 Å². The highest BCUT2D eigenvalue weighted by molar-refractivity contribution is 5.94. The Hall–Kier alpha value is -2.08. The summed E-state index contributed by atoms with van der Waals surface area (Å²) in [5.74, 6) is 0.851. The SMILES string of the molecule is CN(C)CCNC(=O)c1cccc(CN=C(N(C)C)N(C)C)c1. The minimum atomic E-state index is -0.0434. The molecule has 1 aromatic carbocycles. The van der Waals surface area contributed by atoms with E-state index in [1.807, 2.05) is 81.3 Å². The molecule has 0 aliphatic rings. The Morgan fingerprint density at radius 1 is 1.09 bits per heavy atom. The summed E-state index contributed by atoms with van der Waals surface area (Å²) < 4.78 is 0. The van der Waals surface area contributed by atoms with Gasteiger partial charge in [-0.2, -0.15) is 0 Å². The molecule has 1 amide bonds. The summed E-state index contributed by atoms with van der Waals surface area (Å²) in [6.07, 6.45) is 0. The highest BCUT2D eigenvalue weighted by Crippen LogP contribution is 2.07. The van der Waals surface area contributed by atoms with Crippen LogP contribution in [0.25, 0.3) is 0 Å². The van der Waals surface area contributed by atoms with Crippen LogP contribution in [0.1, 0.15) is 15.9 Å². The molecule has 0 radical (unpaired) electrons. The van der Waals surface area contributed by atoms with Crippen LogP contribution in [0, 0.1) is 0 Å². The molecule has 0 spiro atoms. The van der Waals surface area contributed by atoms with E-state index < -0.39 is 0 Å². The quantitative estimate of drug-likeness (QED) is 0.627. The molecule has 1 N–H and O–H groups in total. The van der Waals surface area contributed by atoms with Gasteiger partial charge in [-0.05, 0) is 31.8 Å². The Bertz CT molecular complexity index is 528. The van der Waals surface area contributed by atoms with Crippen molar-refractivity contribution >= 4 is 11.9 Å². The summed E-state index contributed by atoms with van der Waals surface area (Å²) in [4.78, 5) is 22.7. The summed E-state index contributed by atoms with van der Waals surface area (Å²) in [5, 5.41) is 2.93. The lowest BCUT2D eigenvalue weighted by atomic mass is 10.1. The molecule has 0 aliphatic heterocycles. The highest BCUT2D eigenvalue weighted by Gasteiger charge is 2.07. The third-order valence-electron chi connectivity index (χ3n) is 3.24. The van der Waals surface area contributed by atoms with Gasteiger partial charge in [0.05, 0.1) is 6.54 Å². The number of hydrogen-bond donors (Lipinski definition) is 1. The first-order valence-electron chi connectivity index (χ1n) is 7.72. The molecular formula is C17H29N5O. The van der Waals surface area contributed by atoms with Crippen molar-refractivity contribution in [1.29, 1.82) is 0 Å². The van der Waals surface area contributed by atoms with Crippen molar-refractivity contribution < 1.29 is 4.79 Å². The predicted molar refractivity (Wildman–Crippen MR) is 95.8 cm³/mol. The van der Waals surface area contributed by atoms with Gasteiger partial charge < -0.3 is 20.0 Å². The monoisotopic (exact) mass is 319 g/mol. The van der Waals surface area contributed by atoms with Crippen LogP contribution in [0.2, 0.25) is 0 Å². The number of likely N-dealkylation sites (N-methyl/N-ethyl adjacent to an activating group) is 1. The minimum absolute atomic E-state index is 0.0434. The van der Waals surface area contributed by atoms with Crippen molar-refractivity contribution in [3.05, 3.63) is 35.4 Å². The van der Waals surface area contributed by atoms with E-state index in [-0.39, 0.29) is 5.91 Å². The molecule has 0 bridgehead atoms. The van der Waals surface area contributed by atoms with Gasteiger partial charge in [0.2, 0.25) is 0 Å². The van der Waals surface area contributed by atoms with E-state index >= 15 is 0 Å². The third kappa shape index (κ3) is 6.69. The Kier molecular flexibility index (Phi) is 7.54. The smallest absolute Gasteiger partial charge is 0.251 e. The molecular weight excluding hydrogens is 290 g/mol. The molecule has 128 valence electrons. The van der Waals surface area contributed by atoms with Gasteiger partial charge in [-0.1, -0.05) is 12.1 Å². The van der Waals surface area contributed by atoms with Crippen molar-refractivity contribution in [3.63, 3.8) is 0 Å². The molecule has 6 heteroatoms. The van der Waals surface area contributed by atoms with E-state index in [1.54, 1.807) is 0 Å². The zero-order valence-electron chi connectivity index (χ0n) is 15.1. The number of amides is 1. The lowest BCUT2D eigenvalue weighted by molar-refractivity contribution is 0.0951. The van der Waals surface area contributed by atoms with Gasteiger partial charge >= 0.3 is 0 Å². The van der Waals surface area contributed by atoms with Gasteiger partial charge in [0.15, 0.2) is 5.96 Å². The molecule has 0 heterocycles. The lowest BCUT2D eigenvalue weighted by Crippen LogP contribution is -2.35. The van der Waals surface area contributed by atoms with Crippen LogP contribution in [0.4, 0.5) is 0 Å². The second kappa shape index (κ2) is 9.15. The Morgan fingerprint density at radius 3 is 2.30 bits per heavy atom. The summed E-state index contributed by atoms with van der Waals surface area (Å²) in [7, 11) is 11.8. The number of nitrogens with zero attached hydrogens (tertiary/aromatic N) is 4. The molecule has 23 heavy (non-hydrogen) atoms. The predicted octanol–water partition coefficient (Wildman–Crippen LogP) is 0.957. The molecule has 0 aromatic heterocycles. The summed E-state index contributed by atoms with van der Waals surface area (Å²) in [5.41, 5.74) is 1.69. The fourth-order valence-electron chi connectivity index (χ4n) is 2.15. The second-order valence-corrected chi connectivity index (χ2v) is 6.16. The van der Waals surface area contributed by atoms with Crippen LogP contribution in [0.15, 0.2) is 29.3 Å². The summed E-state index contributed by atoms with van der Waals surface area (Å²) in [6, 6.07) is 7.62. The summed E-state index contributed by atoms with van der Waals surface area (Å²) >= 11 is 0. The maximum absolute atomic E-state index is 12.2. The first kappa shape index (κ1) is 19.0. The number of carbonyl (C=O) groups is 1. The molecule has 0 unspecified atom stereocenters. The van der Waals surface area contributed by atoms with Crippen LogP contribution < -0.4 is 5.32 Å². The highest BCUT2D eigenvalue weighted by atomic mass is 16.1. The van der Waals surface area contributed by atoms with Gasteiger partial charge in [-0.3, -0.25) is 4.79 Å². The number of hydrogen-bond acceptors (Lipinski definition) is 3. The first-order valence-corrected chi connectivity index (χ1v) is 7.72. The lowest BCUT2D eigenvalue weighted by Gasteiger charge is -2.22. The minimum Gasteiger partial charge on any atom is -0.351 e. The van der Waals surface area contributed by atoms with Gasteiger partial charge in [0, 0.05) is 46.8 Å². The molecule has 1 rings (SSSR count). The van der Waals surface area contributed by atoms with Crippen LogP contribution in [-0.4, -0.2) is 81.9 Å². The van der Waals surface area contributed by atoms with E-state index in [1.165, 1.54) is 0 Å². The van der Waals surface area contributed by atoms with Crippen LogP contribution in [0.5, 0.6) is 0 Å². The van der Waals surface area contributed by atoms with Gasteiger partial charge in [0.1, 0.15) is 0 Å². The van der Waals surface area contributed by atoms with Gasteiger partial charge in [-0.15, -0.1) is 0 Å². The number of guanidine groups is 1. The van der Waals surface area contributed by atoms with Crippen molar-refractivity contribution in [3.8, 4) is 0 Å². The molecule has 0 atom stereocenters. The molecule has 0 saturated heterocycles. The molecule has 0 fully saturated rings. The fourth-order valence-corrected chi connectivity index (χ4v) is 2.15. The maximum atomic E-state index is 12.2. The standard InChI is InChI=1S/C17H29N5O/c1-20(2)11-10-18-16(23)15-9-7-8-14(12-15)13-19-17(21(3)4)22(5)6/h7-9,12H,10-11,13H2,1-6H3,(H,18,23). The zero-order valence-corrected chi connectivity index (χ0v) is 15.1. The van der Waals surface area contributed by atoms with E-state index in [0.717, 1.165) is 18.1 Å². The van der Waals surface area contributed by atoms with E-state index in [0.29, 0.717) is 18.7 Å². The number of nitrogens with one attached hydrogen (secondary N) is 1. The van der Waals surface area contributed by atoms with Crippen molar-refractivity contribution in [2.45, 2.75) is 6.54 Å². The maximum Gasteiger partial charge on any atom is 0.251 e. The normalized spacial score (nSPS) is 10.4.